The van der Waals surface area contributed by atoms with Gasteiger partial charge in [0.25, 0.3) is 0 Å². The number of fused-ring (bicyclic) bond motifs is 1. The molecule has 1 aliphatic heterocycles. The van der Waals surface area contributed by atoms with Gasteiger partial charge in [0.2, 0.25) is 15.9 Å². The van der Waals surface area contributed by atoms with Gasteiger partial charge in [0.15, 0.2) is 0 Å². The van der Waals surface area contributed by atoms with Gasteiger partial charge in [-0.15, -0.1) is 0 Å². The minimum atomic E-state index is -3.42. The number of hydrogen-bond acceptors (Lipinski definition) is 4. The summed E-state index contributed by atoms with van der Waals surface area (Å²) in [6.45, 7) is 4.56. The molecule has 7 heteroatoms. The molecule has 0 spiro atoms. The molecule has 0 aromatic heterocycles. The van der Waals surface area contributed by atoms with Crippen LogP contribution in [0.1, 0.15) is 36.1 Å². The van der Waals surface area contributed by atoms with E-state index >= 15 is 0 Å². The highest BCUT2D eigenvalue weighted by atomic mass is 32.2. The number of rotatable bonds is 8. The zero-order valence-corrected chi connectivity index (χ0v) is 17.0. The van der Waals surface area contributed by atoms with Crippen LogP contribution >= 0.6 is 0 Å². The van der Waals surface area contributed by atoms with Gasteiger partial charge < -0.3 is 10.1 Å². The molecule has 150 valence electrons. The fourth-order valence-corrected chi connectivity index (χ4v) is 4.76. The summed E-state index contributed by atoms with van der Waals surface area (Å²) >= 11 is 0. The lowest BCUT2D eigenvalue weighted by Gasteiger charge is -2.13. The maximum atomic E-state index is 12.4. The summed E-state index contributed by atoms with van der Waals surface area (Å²) in [6.07, 6.45) is 1.15. The zero-order valence-electron chi connectivity index (χ0n) is 16.2. The fraction of sp³-hybridized carbons (Fsp3) is 0.381. The Hall–Kier alpha value is -2.38. The molecular formula is C21H26N2O4S. The average Bonchev–Trinajstić information content (AvgIpc) is 3.07. The van der Waals surface area contributed by atoms with E-state index < -0.39 is 10.0 Å². The van der Waals surface area contributed by atoms with Gasteiger partial charge in [-0.3, -0.25) is 4.79 Å². The topological polar surface area (TPSA) is 84.5 Å². The predicted octanol–water partition coefficient (Wildman–Crippen LogP) is 2.31. The summed E-state index contributed by atoms with van der Waals surface area (Å²) in [5.74, 6) is 0.688. The van der Waals surface area contributed by atoms with Crippen molar-refractivity contribution in [1.82, 2.24) is 10.0 Å². The highest BCUT2D eigenvalue weighted by Crippen LogP contribution is 2.26. The number of carbonyl (C=O) groups is 1. The second kappa shape index (κ2) is 8.75. The van der Waals surface area contributed by atoms with Crippen LogP contribution < -0.4 is 14.8 Å². The maximum Gasteiger partial charge on any atom is 0.224 e. The van der Waals surface area contributed by atoms with Crippen molar-refractivity contribution in [3.05, 3.63) is 64.7 Å². The molecule has 3 rings (SSSR count). The van der Waals surface area contributed by atoms with E-state index in [1.807, 2.05) is 30.3 Å². The second-order valence-electron chi connectivity index (χ2n) is 7.29. The predicted molar refractivity (Wildman–Crippen MR) is 109 cm³/mol. The van der Waals surface area contributed by atoms with Crippen LogP contribution in [0.3, 0.4) is 0 Å². The van der Waals surface area contributed by atoms with Crippen molar-refractivity contribution in [2.75, 3.05) is 6.61 Å². The summed E-state index contributed by atoms with van der Waals surface area (Å²) in [6, 6.07) is 12.9. The van der Waals surface area contributed by atoms with Crippen molar-refractivity contribution in [1.29, 1.82) is 0 Å². The summed E-state index contributed by atoms with van der Waals surface area (Å²) in [4.78, 5) is 12.4. The molecule has 0 saturated carbocycles. The molecule has 1 aliphatic rings. The Labute approximate surface area is 166 Å². The third-order valence-electron chi connectivity index (χ3n) is 4.47. The van der Waals surface area contributed by atoms with Gasteiger partial charge in [-0.2, -0.15) is 0 Å². The van der Waals surface area contributed by atoms with Crippen molar-refractivity contribution in [3.63, 3.8) is 0 Å². The lowest BCUT2D eigenvalue weighted by molar-refractivity contribution is -0.120. The van der Waals surface area contributed by atoms with E-state index in [1.165, 1.54) is 0 Å². The third kappa shape index (κ3) is 5.56. The highest BCUT2D eigenvalue weighted by molar-refractivity contribution is 7.88. The molecule has 1 amide bonds. The quantitative estimate of drug-likeness (QED) is 0.710. The van der Waals surface area contributed by atoms with Crippen molar-refractivity contribution in [2.24, 2.45) is 0 Å². The van der Waals surface area contributed by atoms with E-state index in [1.54, 1.807) is 26.0 Å². The number of carbonyl (C=O) groups excluding carboxylic acids is 1. The first kappa shape index (κ1) is 20.4. The van der Waals surface area contributed by atoms with Crippen LogP contribution in [0.15, 0.2) is 42.5 Å². The van der Waals surface area contributed by atoms with E-state index in [-0.39, 0.29) is 24.1 Å². The number of hydrogen-bond donors (Lipinski definition) is 2. The Kier molecular flexibility index (Phi) is 6.36. The van der Waals surface area contributed by atoms with Gasteiger partial charge in [0, 0.05) is 19.0 Å². The Bertz CT molecular complexity index is 955. The van der Waals surface area contributed by atoms with Crippen molar-refractivity contribution in [2.45, 2.75) is 45.0 Å². The summed E-state index contributed by atoms with van der Waals surface area (Å²) in [7, 11) is -3.42. The van der Waals surface area contributed by atoms with E-state index in [0.29, 0.717) is 18.7 Å². The molecule has 28 heavy (non-hydrogen) atoms. The van der Waals surface area contributed by atoms with E-state index in [9.17, 15) is 13.2 Å². The van der Waals surface area contributed by atoms with Gasteiger partial charge in [-0.25, -0.2) is 13.1 Å². The fourth-order valence-electron chi connectivity index (χ4n) is 3.27. The van der Waals surface area contributed by atoms with E-state index in [0.717, 1.165) is 28.9 Å². The molecule has 1 heterocycles. The number of benzene rings is 2. The molecule has 2 N–H and O–H groups in total. The van der Waals surface area contributed by atoms with E-state index in [2.05, 4.69) is 10.0 Å². The standard InChI is InChI=1S/C21H26N2O4S/c1-15(2)23-28(25,26)14-19-6-4-3-5-18(19)13-22-21(24)12-16-7-8-20-17(11-16)9-10-27-20/h3-8,11,15,23H,9-10,12-14H2,1-2H3,(H,22,24). The number of ether oxygens (including phenoxy) is 1. The Balaban J connectivity index is 1.60. The number of sulfonamides is 1. The van der Waals surface area contributed by atoms with Crippen LogP contribution in [0.5, 0.6) is 5.75 Å². The lowest BCUT2D eigenvalue weighted by Crippen LogP contribution is -2.32. The molecule has 6 nitrogen and oxygen atoms in total. The molecule has 0 bridgehead atoms. The van der Waals surface area contributed by atoms with Crippen molar-refractivity contribution in [3.8, 4) is 5.75 Å². The first-order chi connectivity index (χ1) is 13.3. The second-order valence-corrected chi connectivity index (χ2v) is 9.05. The summed E-state index contributed by atoms with van der Waals surface area (Å²) in [5, 5.41) is 2.90. The van der Waals surface area contributed by atoms with E-state index in [4.69, 9.17) is 4.74 Å². The van der Waals surface area contributed by atoms with Gasteiger partial charge in [0.05, 0.1) is 18.8 Å². The van der Waals surface area contributed by atoms with Crippen LogP contribution in [0.4, 0.5) is 0 Å². The molecule has 0 unspecified atom stereocenters. The van der Waals surface area contributed by atoms with Crippen LogP contribution in [0.2, 0.25) is 0 Å². The Morgan fingerprint density at radius 1 is 1.14 bits per heavy atom. The van der Waals surface area contributed by atoms with Gasteiger partial charge in [-0.1, -0.05) is 36.4 Å². The largest absolute Gasteiger partial charge is 0.493 e. The molecule has 0 aliphatic carbocycles. The Morgan fingerprint density at radius 2 is 1.89 bits per heavy atom. The van der Waals surface area contributed by atoms with Crippen molar-refractivity contribution < 1.29 is 17.9 Å². The summed E-state index contributed by atoms with van der Waals surface area (Å²) < 4.78 is 32.5. The number of amides is 1. The first-order valence-electron chi connectivity index (χ1n) is 9.40. The SMILES string of the molecule is CC(C)NS(=O)(=O)Cc1ccccc1CNC(=O)Cc1ccc2c(c1)CCO2. The van der Waals surface area contributed by atoms with Crippen LogP contribution in [0, 0.1) is 0 Å². The Morgan fingerprint density at radius 3 is 2.64 bits per heavy atom. The van der Waals surface area contributed by atoms with Gasteiger partial charge >= 0.3 is 0 Å². The maximum absolute atomic E-state index is 12.4. The smallest absolute Gasteiger partial charge is 0.224 e. The molecule has 0 saturated heterocycles. The van der Waals surface area contributed by atoms with Gasteiger partial charge in [-0.05, 0) is 42.2 Å². The number of nitrogens with one attached hydrogen (secondary N) is 2. The third-order valence-corrected chi connectivity index (χ3v) is 6.00. The van der Waals surface area contributed by atoms with Crippen molar-refractivity contribution >= 4 is 15.9 Å². The van der Waals surface area contributed by atoms with Gasteiger partial charge in [0.1, 0.15) is 5.75 Å². The van der Waals surface area contributed by atoms with Crippen LogP contribution in [-0.4, -0.2) is 27.0 Å². The van der Waals surface area contributed by atoms with Crippen LogP contribution in [-0.2, 0) is 40.0 Å². The average molecular weight is 403 g/mol. The van der Waals surface area contributed by atoms with Crippen LogP contribution in [0.25, 0.3) is 0 Å². The molecule has 2 aromatic carbocycles. The minimum Gasteiger partial charge on any atom is -0.493 e. The lowest BCUT2D eigenvalue weighted by atomic mass is 10.1. The monoisotopic (exact) mass is 402 g/mol. The molecular weight excluding hydrogens is 376 g/mol. The molecule has 2 aromatic rings. The normalized spacial score (nSPS) is 13.2. The first-order valence-corrected chi connectivity index (χ1v) is 11.1. The zero-order chi connectivity index (χ0) is 20.1. The molecule has 0 atom stereocenters. The molecule has 0 radical (unpaired) electrons. The minimum absolute atomic E-state index is 0.100. The highest BCUT2D eigenvalue weighted by Gasteiger charge is 2.16. The summed E-state index contributed by atoms with van der Waals surface area (Å²) in [5.41, 5.74) is 3.57. The molecule has 0 fully saturated rings.